The standard InChI is InChI=1S/C16H15ClS2/c1-2-3-11-4-6-12(7-5-11)16(17)15-10-14-13(19-15)8-9-18-14/h4-10,16H,2-3H2,1H3. The molecule has 2 heterocycles. The van der Waals surface area contributed by atoms with Crippen LogP contribution in [0.4, 0.5) is 0 Å². The summed E-state index contributed by atoms with van der Waals surface area (Å²) in [5, 5.41) is 2.11. The van der Waals surface area contributed by atoms with E-state index >= 15 is 0 Å². The van der Waals surface area contributed by atoms with Gasteiger partial charge in [-0.25, -0.2) is 0 Å². The normalized spacial score (nSPS) is 12.9. The Kier molecular flexibility index (Phi) is 3.92. The van der Waals surface area contributed by atoms with E-state index in [2.05, 4.69) is 48.7 Å². The molecule has 0 N–H and O–H groups in total. The van der Waals surface area contributed by atoms with Crippen LogP contribution in [0.3, 0.4) is 0 Å². The predicted molar refractivity (Wildman–Crippen MR) is 87.8 cm³/mol. The fourth-order valence-corrected chi connectivity index (χ4v) is 4.68. The van der Waals surface area contributed by atoms with E-state index in [1.54, 1.807) is 22.7 Å². The summed E-state index contributed by atoms with van der Waals surface area (Å²) in [4.78, 5) is 1.24. The van der Waals surface area contributed by atoms with Gasteiger partial charge in [0.15, 0.2) is 0 Å². The van der Waals surface area contributed by atoms with Crippen molar-refractivity contribution in [3.63, 3.8) is 0 Å². The lowest BCUT2D eigenvalue weighted by atomic mass is 10.1. The molecule has 3 aromatic rings. The summed E-state index contributed by atoms with van der Waals surface area (Å²) in [6, 6.07) is 13.1. The van der Waals surface area contributed by atoms with Crippen LogP contribution in [0.1, 0.15) is 34.7 Å². The average Bonchev–Trinajstić information content (AvgIpc) is 3.00. The number of thiophene rings is 2. The number of aryl methyl sites for hydroxylation is 1. The summed E-state index contributed by atoms with van der Waals surface area (Å²) < 4.78 is 2.68. The van der Waals surface area contributed by atoms with Gasteiger partial charge in [0.05, 0.1) is 5.38 Å². The molecule has 0 bridgehead atoms. The molecule has 98 valence electrons. The van der Waals surface area contributed by atoms with E-state index in [4.69, 9.17) is 11.6 Å². The zero-order chi connectivity index (χ0) is 13.2. The minimum atomic E-state index is -0.0275. The van der Waals surface area contributed by atoms with Crippen LogP contribution in [0.5, 0.6) is 0 Å². The Balaban J connectivity index is 1.86. The maximum atomic E-state index is 6.60. The zero-order valence-corrected chi connectivity index (χ0v) is 13.1. The highest BCUT2D eigenvalue weighted by molar-refractivity contribution is 7.27. The number of benzene rings is 1. The number of alkyl halides is 1. The molecule has 0 spiro atoms. The molecule has 0 aliphatic rings. The summed E-state index contributed by atoms with van der Waals surface area (Å²) in [5.41, 5.74) is 2.58. The van der Waals surface area contributed by atoms with Crippen LogP contribution in [0.25, 0.3) is 9.40 Å². The van der Waals surface area contributed by atoms with Crippen molar-refractivity contribution in [2.24, 2.45) is 0 Å². The van der Waals surface area contributed by atoms with Crippen LogP contribution in [0.2, 0.25) is 0 Å². The maximum absolute atomic E-state index is 6.60. The summed E-state index contributed by atoms with van der Waals surface area (Å²) in [7, 11) is 0. The molecule has 0 amide bonds. The van der Waals surface area contributed by atoms with Crippen LogP contribution in [-0.4, -0.2) is 0 Å². The van der Waals surface area contributed by atoms with Crippen LogP contribution in [0.15, 0.2) is 41.8 Å². The lowest BCUT2D eigenvalue weighted by molar-refractivity contribution is 0.920. The van der Waals surface area contributed by atoms with Gasteiger partial charge in [-0.1, -0.05) is 37.6 Å². The molecule has 1 aromatic carbocycles. The van der Waals surface area contributed by atoms with Crippen molar-refractivity contribution in [3.8, 4) is 0 Å². The molecule has 0 saturated carbocycles. The van der Waals surface area contributed by atoms with Gasteiger partial charge >= 0.3 is 0 Å². The first kappa shape index (κ1) is 13.2. The van der Waals surface area contributed by atoms with Crippen molar-refractivity contribution < 1.29 is 0 Å². The lowest BCUT2D eigenvalue weighted by Gasteiger charge is -2.08. The average molecular weight is 307 g/mol. The lowest BCUT2D eigenvalue weighted by Crippen LogP contribution is -1.91. The molecule has 0 radical (unpaired) electrons. The van der Waals surface area contributed by atoms with Gasteiger partial charge in [0.2, 0.25) is 0 Å². The number of halogens is 1. The number of fused-ring (bicyclic) bond motifs is 1. The second-order valence-electron chi connectivity index (χ2n) is 4.65. The second kappa shape index (κ2) is 5.66. The van der Waals surface area contributed by atoms with E-state index in [9.17, 15) is 0 Å². The zero-order valence-electron chi connectivity index (χ0n) is 10.7. The minimum absolute atomic E-state index is 0.0275. The molecule has 1 atom stereocenters. The van der Waals surface area contributed by atoms with Gasteiger partial charge in [-0.2, -0.15) is 0 Å². The third-order valence-electron chi connectivity index (χ3n) is 3.22. The molecule has 3 rings (SSSR count). The first-order chi connectivity index (χ1) is 9.28. The van der Waals surface area contributed by atoms with Gasteiger partial charge in [-0.3, -0.25) is 0 Å². The van der Waals surface area contributed by atoms with Crippen LogP contribution >= 0.6 is 34.3 Å². The molecule has 3 heteroatoms. The van der Waals surface area contributed by atoms with Crippen molar-refractivity contribution in [2.75, 3.05) is 0 Å². The van der Waals surface area contributed by atoms with Crippen molar-refractivity contribution in [2.45, 2.75) is 25.1 Å². The fourth-order valence-electron chi connectivity index (χ4n) is 2.22. The summed E-state index contributed by atoms with van der Waals surface area (Å²) in [6.45, 7) is 2.20. The number of hydrogen-bond acceptors (Lipinski definition) is 2. The van der Waals surface area contributed by atoms with Gasteiger partial charge in [0, 0.05) is 14.3 Å². The SMILES string of the molecule is CCCc1ccc(C(Cl)c2cc3sccc3s2)cc1. The Morgan fingerprint density at radius 3 is 2.58 bits per heavy atom. The second-order valence-corrected chi connectivity index (χ2v) is 7.15. The monoisotopic (exact) mass is 306 g/mol. The van der Waals surface area contributed by atoms with E-state index in [0.29, 0.717) is 0 Å². The maximum Gasteiger partial charge on any atom is 0.0928 e. The Hall–Kier alpha value is -0.830. The third-order valence-corrected chi connectivity index (χ3v) is 5.99. The Morgan fingerprint density at radius 1 is 1.11 bits per heavy atom. The highest BCUT2D eigenvalue weighted by Crippen LogP contribution is 2.38. The quantitative estimate of drug-likeness (QED) is 0.500. The Bertz CT molecular complexity index is 635. The van der Waals surface area contributed by atoms with Gasteiger partial charge in [0.1, 0.15) is 0 Å². The van der Waals surface area contributed by atoms with Gasteiger partial charge < -0.3 is 0 Å². The van der Waals surface area contributed by atoms with Crippen LogP contribution in [0, 0.1) is 0 Å². The van der Waals surface area contributed by atoms with Crippen molar-refractivity contribution in [3.05, 3.63) is 57.8 Å². The largest absolute Gasteiger partial charge is 0.143 e. The summed E-state index contributed by atoms with van der Waals surface area (Å²) >= 11 is 10.2. The van der Waals surface area contributed by atoms with Gasteiger partial charge in [-0.15, -0.1) is 34.3 Å². The topological polar surface area (TPSA) is 0 Å². The van der Waals surface area contributed by atoms with Crippen molar-refractivity contribution in [1.29, 1.82) is 0 Å². The van der Waals surface area contributed by atoms with E-state index in [-0.39, 0.29) is 5.38 Å². The Morgan fingerprint density at radius 2 is 1.89 bits per heavy atom. The molecule has 0 aliphatic heterocycles. The number of rotatable bonds is 4. The summed E-state index contributed by atoms with van der Waals surface area (Å²) in [5.74, 6) is 0. The highest BCUT2D eigenvalue weighted by atomic mass is 35.5. The minimum Gasteiger partial charge on any atom is -0.143 e. The van der Waals surface area contributed by atoms with E-state index in [1.165, 1.54) is 31.8 Å². The molecule has 0 aliphatic carbocycles. The smallest absolute Gasteiger partial charge is 0.0928 e. The van der Waals surface area contributed by atoms with E-state index in [0.717, 1.165) is 6.42 Å². The van der Waals surface area contributed by atoms with Gasteiger partial charge in [-0.05, 0) is 35.1 Å². The molecule has 2 aromatic heterocycles. The van der Waals surface area contributed by atoms with Crippen LogP contribution < -0.4 is 0 Å². The number of hydrogen-bond donors (Lipinski definition) is 0. The fraction of sp³-hybridized carbons (Fsp3) is 0.250. The molecule has 1 unspecified atom stereocenters. The molecule has 0 saturated heterocycles. The van der Waals surface area contributed by atoms with Gasteiger partial charge in [0.25, 0.3) is 0 Å². The highest BCUT2D eigenvalue weighted by Gasteiger charge is 2.14. The summed E-state index contributed by atoms with van der Waals surface area (Å²) in [6.07, 6.45) is 2.33. The van der Waals surface area contributed by atoms with Crippen LogP contribution in [-0.2, 0) is 6.42 Å². The first-order valence-corrected chi connectivity index (χ1v) is 8.61. The Labute approximate surface area is 126 Å². The molecule has 0 fully saturated rings. The van der Waals surface area contributed by atoms with E-state index in [1.807, 2.05) is 0 Å². The first-order valence-electron chi connectivity index (χ1n) is 6.48. The van der Waals surface area contributed by atoms with Crippen molar-refractivity contribution >= 4 is 43.7 Å². The molecular formula is C16H15ClS2. The molecule has 0 nitrogen and oxygen atoms in total. The van der Waals surface area contributed by atoms with E-state index < -0.39 is 0 Å². The predicted octanol–water partition coefficient (Wildman–Crippen LogP) is 6.24. The molecule has 19 heavy (non-hydrogen) atoms. The third kappa shape index (κ3) is 2.71. The van der Waals surface area contributed by atoms with Crippen molar-refractivity contribution in [1.82, 2.24) is 0 Å². The molecular weight excluding hydrogens is 292 g/mol.